The Kier molecular flexibility index (Phi) is 5.64. The maximum Gasteiger partial charge on any atom is 0.338 e. The quantitative estimate of drug-likeness (QED) is 0.571. The lowest BCUT2D eigenvalue weighted by Crippen LogP contribution is -2.09. The maximum absolute atomic E-state index is 11.5. The molecule has 0 heterocycles. The van der Waals surface area contributed by atoms with Crippen LogP contribution in [0.5, 0.6) is 0 Å². The summed E-state index contributed by atoms with van der Waals surface area (Å²) in [4.78, 5) is 22.9. The van der Waals surface area contributed by atoms with Gasteiger partial charge in [0, 0.05) is 0 Å². The minimum atomic E-state index is -0.390. The Morgan fingerprint density at radius 3 is 2.78 bits per heavy atom. The number of ether oxygens (including phenoxy) is 2. The molecule has 1 aromatic rings. The van der Waals surface area contributed by atoms with Crippen molar-refractivity contribution in [2.75, 3.05) is 13.2 Å². The van der Waals surface area contributed by atoms with Crippen LogP contribution in [0.2, 0.25) is 0 Å². The molecule has 0 fully saturated rings. The molecular formula is C14H16O4. The molecule has 1 rings (SSSR count). The predicted molar refractivity (Wildman–Crippen MR) is 67.3 cm³/mol. The molecule has 0 atom stereocenters. The third kappa shape index (κ3) is 4.41. The molecule has 0 saturated carbocycles. The van der Waals surface area contributed by atoms with Gasteiger partial charge in [0.15, 0.2) is 0 Å². The van der Waals surface area contributed by atoms with Gasteiger partial charge in [0.05, 0.1) is 18.6 Å². The van der Waals surface area contributed by atoms with Crippen LogP contribution in [0, 0.1) is 0 Å². The fraction of sp³-hybridized carbons (Fsp3) is 0.286. The molecule has 0 spiro atoms. The van der Waals surface area contributed by atoms with Crippen LogP contribution in [0.3, 0.4) is 0 Å². The molecule has 4 heteroatoms. The fourth-order valence-corrected chi connectivity index (χ4v) is 1.39. The highest BCUT2D eigenvalue weighted by Crippen LogP contribution is 2.08. The first-order valence-corrected chi connectivity index (χ1v) is 5.70. The van der Waals surface area contributed by atoms with Crippen molar-refractivity contribution in [1.82, 2.24) is 0 Å². The van der Waals surface area contributed by atoms with Crippen molar-refractivity contribution in [3.8, 4) is 0 Å². The van der Waals surface area contributed by atoms with Crippen LogP contribution < -0.4 is 0 Å². The first-order valence-electron chi connectivity index (χ1n) is 5.70. The zero-order chi connectivity index (χ0) is 13.4. The second-order valence-corrected chi connectivity index (χ2v) is 3.57. The Hall–Kier alpha value is -2.10. The van der Waals surface area contributed by atoms with E-state index in [2.05, 4.69) is 6.58 Å². The topological polar surface area (TPSA) is 52.6 Å². The highest BCUT2D eigenvalue weighted by molar-refractivity contribution is 5.89. The highest BCUT2D eigenvalue weighted by atomic mass is 16.5. The van der Waals surface area contributed by atoms with Gasteiger partial charge in [-0.3, -0.25) is 4.79 Å². The first kappa shape index (κ1) is 14.0. The molecule has 0 aliphatic carbocycles. The lowest BCUT2D eigenvalue weighted by atomic mass is 10.1. The summed E-state index contributed by atoms with van der Waals surface area (Å²) in [7, 11) is 0. The van der Waals surface area contributed by atoms with E-state index in [1.54, 1.807) is 31.2 Å². The Morgan fingerprint density at radius 1 is 1.33 bits per heavy atom. The van der Waals surface area contributed by atoms with Gasteiger partial charge in [0.1, 0.15) is 6.61 Å². The molecule has 1 aromatic carbocycles. The lowest BCUT2D eigenvalue weighted by molar-refractivity contribution is -0.141. The smallest absolute Gasteiger partial charge is 0.338 e. The van der Waals surface area contributed by atoms with E-state index >= 15 is 0 Å². The van der Waals surface area contributed by atoms with E-state index in [1.807, 2.05) is 0 Å². The molecule has 0 aromatic heterocycles. The van der Waals surface area contributed by atoms with E-state index in [4.69, 9.17) is 9.47 Å². The molecule has 96 valence electrons. The summed E-state index contributed by atoms with van der Waals surface area (Å²) in [5.41, 5.74) is 1.15. The summed E-state index contributed by atoms with van der Waals surface area (Å²) in [5, 5.41) is 0. The van der Waals surface area contributed by atoms with Gasteiger partial charge in [-0.15, -0.1) is 0 Å². The van der Waals surface area contributed by atoms with Crippen molar-refractivity contribution in [2.45, 2.75) is 13.3 Å². The summed E-state index contributed by atoms with van der Waals surface area (Å²) in [5.74, 6) is -0.741. The van der Waals surface area contributed by atoms with E-state index in [0.717, 1.165) is 5.56 Å². The Labute approximate surface area is 106 Å². The monoisotopic (exact) mass is 248 g/mol. The summed E-state index contributed by atoms with van der Waals surface area (Å²) in [6, 6.07) is 6.75. The van der Waals surface area contributed by atoms with E-state index in [-0.39, 0.29) is 25.0 Å². The zero-order valence-electron chi connectivity index (χ0n) is 10.3. The minimum absolute atomic E-state index is 0.126. The lowest BCUT2D eigenvalue weighted by Gasteiger charge is -2.05. The Bertz CT molecular complexity index is 437. The zero-order valence-corrected chi connectivity index (χ0v) is 10.3. The largest absolute Gasteiger partial charge is 0.462 e. The normalized spacial score (nSPS) is 9.61. The van der Waals surface area contributed by atoms with E-state index < -0.39 is 0 Å². The molecule has 0 saturated heterocycles. The number of hydrogen-bond donors (Lipinski definition) is 0. The van der Waals surface area contributed by atoms with Crippen LogP contribution in [0.25, 0.3) is 0 Å². The average molecular weight is 248 g/mol. The van der Waals surface area contributed by atoms with Crippen molar-refractivity contribution >= 4 is 11.9 Å². The number of hydrogen-bond acceptors (Lipinski definition) is 4. The van der Waals surface area contributed by atoms with Crippen LogP contribution in [0.15, 0.2) is 36.9 Å². The number of esters is 2. The summed E-state index contributed by atoms with van der Waals surface area (Å²) < 4.78 is 9.75. The summed E-state index contributed by atoms with van der Waals surface area (Å²) in [6.07, 6.45) is 1.63. The molecule has 0 aliphatic heterocycles. The SMILES string of the molecule is C=CCOC(=O)Cc1cccc(C(=O)OCC)c1. The van der Waals surface area contributed by atoms with Gasteiger partial charge < -0.3 is 9.47 Å². The maximum atomic E-state index is 11.5. The van der Waals surface area contributed by atoms with Gasteiger partial charge >= 0.3 is 11.9 Å². The minimum Gasteiger partial charge on any atom is -0.462 e. The molecule has 0 unspecified atom stereocenters. The van der Waals surface area contributed by atoms with Crippen LogP contribution in [-0.2, 0) is 20.7 Å². The van der Waals surface area contributed by atoms with Gasteiger partial charge in [-0.2, -0.15) is 0 Å². The van der Waals surface area contributed by atoms with E-state index in [9.17, 15) is 9.59 Å². The number of benzene rings is 1. The fourth-order valence-electron chi connectivity index (χ4n) is 1.39. The standard InChI is InChI=1S/C14H16O4/c1-3-8-18-13(15)10-11-6-5-7-12(9-11)14(16)17-4-2/h3,5-7,9H,1,4,8,10H2,2H3. The molecule has 0 aliphatic rings. The molecule has 0 radical (unpaired) electrons. The first-order chi connectivity index (χ1) is 8.67. The van der Waals surface area contributed by atoms with Gasteiger partial charge in [-0.1, -0.05) is 24.8 Å². The van der Waals surface area contributed by atoms with Crippen LogP contribution in [-0.4, -0.2) is 25.2 Å². The molecule has 4 nitrogen and oxygen atoms in total. The molecule has 0 bridgehead atoms. The van der Waals surface area contributed by atoms with Crippen LogP contribution in [0.1, 0.15) is 22.8 Å². The van der Waals surface area contributed by atoms with E-state index in [1.165, 1.54) is 6.08 Å². The van der Waals surface area contributed by atoms with Gasteiger partial charge in [0.25, 0.3) is 0 Å². The third-order valence-electron chi connectivity index (χ3n) is 2.15. The van der Waals surface area contributed by atoms with Crippen molar-refractivity contribution in [3.05, 3.63) is 48.0 Å². The van der Waals surface area contributed by atoms with Gasteiger partial charge in [0.2, 0.25) is 0 Å². The highest BCUT2D eigenvalue weighted by Gasteiger charge is 2.09. The predicted octanol–water partition coefficient (Wildman–Crippen LogP) is 2.13. The number of carbonyl (C=O) groups excluding carboxylic acids is 2. The number of rotatable bonds is 6. The van der Waals surface area contributed by atoms with Crippen molar-refractivity contribution in [2.24, 2.45) is 0 Å². The molecule has 0 amide bonds. The summed E-state index contributed by atoms with van der Waals surface area (Å²) >= 11 is 0. The van der Waals surface area contributed by atoms with Crippen LogP contribution >= 0.6 is 0 Å². The summed E-state index contributed by atoms with van der Waals surface area (Å²) in [6.45, 7) is 5.72. The van der Waals surface area contributed by atoms with Crippen molar-refractivity contribution < 1.29 is 19.1 Å². The van der Waals surface area contributed by atoms with Crippen molar-refractivity contribution in [1.29, 1.82) is 0 Å². The van der Waals surface area contributed by atoms with Gasteiger partial charge in [-0.25, -0.2) is 4.79 Å². The molecule has 18 heavy (non-hydrogen) atoms. The second-order valence-electron chi connectivity index (χ2n) is 3.57. The average Bonchev–Trinajstić information content (AvgIpc) is 2.37. The molecule has 0 N–H and O–H groups in total. The van der Waals surface area contributed by atoms with E-state index in [0.29, 0.717) is 12.2 Å². The van der Waals surface area contributed by atoms with Gasteiger partial charge in [-0.05, 0) is 24.6 Å². The second kappa shape index (κ2) is 7.27. The third-order valence-corrected chi connectivity index (χ3v) is 2.15. The Balaban J connectivity index is 2.67. The van der Waals surface area contributed by atoms with Crippen molar-refractivity contribution in [3.63, 3.8) is 0 Å². The number of carbonyl (C=O) groups is 2. The molecular weight excluding hydrogens is 232 g/mol. The Morgan fingerprint density at radius 2 is 2.11 bits per heavy atom. The van der Waals surface area contributed by atoms with Crippen LogP contribution in [0.4, 0.5) is 0 Å².